The Hall–Kier alpha value is -1.67. The number of fused-ring (bicyclic) bond motifs is 1. The standard InChI is InChI=1S/C15H18N2/c1-3-6-12(2)17-11-14-8-4-7-13-9-5-10-16-15(13)14/h3-5,7-10,12,17H,1,6,11H2,2H3. The van der Waals surface area contributed by atoms with Crippen LogP contribution in [0.1, 0.15) is 18.9 Å². The maximum absolute atomic E-state index is 4.44. The summed E-state index contributed by atoms with van der Waals surface area (Å²) in [5, 5.41) is 4.68. The number of nitrogens with zero attached hydrogens (tertiary/aromatic N) is 1. The van der Waals surface area contributed by atoms with Crippen molar-refractivity contribution in [2.75, 3.05) is 0 Å². The minimum Gasteiger partial charge on any atom is -0.310 e. The van der Waals surface area contributed by atoms with Crippen LogP contribution in [0.5, 0.6) is 0 Å². The van der Waals surface area contributed by atoms with Gasteiger partial charge >= 0.3 is 0 Å². The van der Waals surface area contributed by atoms with E-state index in [9.17, 15) is 0 Å². The number of rotatable bonds is 5. The Labute approximate surface area is 102 Å². The van der Waals surface area contributed by atoms with E-state index in [1.165, 1.54) is 10.9 Å². The van der Waals surface area contributed by atoms with E-state index >= 15 is 0 Å². The zero-order chi connectivity index (χ0) is 12.1. The van der Waals surface area contributed by atoms with Gasteiger partial charge in [-0.05, 0) is 25.0 Å². The van der Waals surface area contributed by atoms with Gasteiger partial charge in [-0.15, -0.1) is 6.58 Å². The first kappa shape index (κ1) is 11.8. The molecule has 17 heavy (non-hydrogen) atoms. The Morgan fingerprint density at radius 1 is 1.35 bits per heavy atom. The quantitative estimate of drug-likeness (QED) is 0.791. The SMILES string of the molecule is C=CCC(C)NCc1cccc2cccnc12. The Kier molecular flexibility index (Phi) is 3.89. The Balaban J connectivity index is 2.15. The number of pyridine rings is 1. The van der Waals surface area contributed by atoms with Crippen molar-refractivity contribution >= 4 is 10.9 Å². The average Bonchev–Trinajstić information content (AvgIpc) is 2.36. The summed E-state index contributed by atoms with van der Waals surface area (Å²) < 4.78 is 0. The van der Waals surface area contributed by atoms with E-state index in [2.05, 4.69) is 48.1 Å². The minimum absolute atomic E-state index is 0.450. The maximum atomic E-state index is 4.44. The molecule has 1 aromatic heterocycles. The molecule has 1 unspecified atom stereocenters. The fourth-order valence-electron chi connectivity index (χ4n) is 1.93. The van der Waals surface area contributed by atoms with Crippen LogP contribution in [0.2, 0.25) is 0 Å². The molecule has 1 atom stereocenters. The summed E-state index contributed by atoms with van der Waals surface area (Å²) in [6.07, 6.45) is 4.77. The van der Waals surface area contributed by atoms with Crippen molar-refractivity contribution < 1.29 is 0 Å². The summed E-state index contributed by atoms with van der Waals surface area (Å²) >= 11 is 0. The van der Waals surface area contributed by atoms with Gasteiger partial charge in [0.25, 0.3) is 0 Å². The Morgan fingerprint density at radius 3 is 3.00 bits per heavy atom. The number of hydrogen-bond donors (Lipinski definition) is 1. The van der Waals surface area contributed by atoms with Crippen LogP contribution in [0.15, 0.2) is 49.2 Å². The lowest BCUT2D eigenvalue weighted by Gasteiger charge is -2.12. The first-order chi connectivity index (χ1) is 8.31. The van der Waals surface area contributed by atoms with Crippen LogP contribution in [0.3, 0.4) is 0 Å². The largest absolute Gasteiger partial charge is 0.310 e. The Morgan fingerprint density at radius 2 is 2.18 bits per heavy atom. The summed E-state index contributed by atoms with van der Waals surface area (Å²) in [5.74, 6) is 0. The van der Waals surface area contributed by atoms with Crippen LogP contribution < -0.4 is 5.32 Å². The summed E-state index contributed by atoms with van der Waals surface area (Å²) in [7, 11) is 0. The highest BCUT2D eigenvalue weighted by molar-refractivity contribution is 5.81. The smallest absolute Gasteiger partial charge is 0.0746 e. The van der Waals surface area contributed by atoms with E-state index in [0.717, 1.165) is 18.5 Å². The molecule has 0 saturated carbocycles. The Bertz CT molecular complexity index is 500. The van der Waals surface area contributed by atoms with Gasteiger partial charge < -0.3 is 5.32 Å². The average molecular weight is 226 g/mol. The van der Waals surface area contributed by atoms with Crippen molar-refractivity contribution in [3.63, 3.8) is 0 Å². The van der Waals surface area contributed by atoms with Crippen molar-refractivity contribution in [3.05, 3.63) is 54.7 Å². The molecule has 1 aromatic carbocycles. The predicted molar refractivity (Wildman–Crippen MR) is 72.9 cm³/mol. The van der Waals surface area contributed by atoms with E-state index in [1.807, 2.05) is 18.3 Å². The molecule has 0 radical (unpaired) electrons. The van der Waals surface area contributed by atoms with Crippen molar-refractivity contribution in [3.8, 4) is 0 Å². The molecule has 2 nitrogen and oxygen atoms in total. The van der Waals surface area contributed by atoms with Crippen molar-refractivity contribution in [1.82, 2.24) is 10.3 Å². The van der Waals surface area contributed by atoms with Crippen LogP contribution in [0.4, 0.5) is 0 Å². The van der Waals surface area contributed by atoms with E-state index in [0.29, 0.717) is 6.04 Å². The number of hydrogen-bond acceptors (Lipinski definition) is 2. The molecule has 0 bridgehead atoms. The molecule has 0 spiro atoms. The second kappa shape index (κ2) is 5.60. The van der Waals surface area contributed by atoms with E-state index in [4.69, 9.17) is 0 Å². The van der Waals surface area contributed by atoms with Gasteiger partial charge in [-0.1, -0.05) is 30.3 Å². The number of para-hydroxylation sites is 1. The fraction of sp³-hybridized carbons (Fsp3) is 0.267. The second-order valence-corrected chi connectivity index (χ2v) is 4.30. The lowest BCUT2D eigenvalue weighted by Crippen LogP contribution is -2.24. The zero-order valence-electron chi connectivity index (χ0n) is 10.2. The highest BCUT2D eigenvalue weighted by Crippen LogP contribution is 2.15. The number of aromatic nitrogens is 1. The summed E-state index contributed by atoms with van der Waals surface area (Å²) in [5.41, 5.74) is 2.34. The normalized spacial score (nSPS) is 12.5. The lowest BCUT2D eigenvalue weighted by atomic mass is 10.1. The van der Waals surface area contributed by atoms with Gasteiger partial charge in [-0.3, -0.25) is 4.98 Å². The van der Waals surface area contributed by atoms with Crippen molar-refractivity contribution in [2.45, 2.75) is 25.9 Å². The second-order valence-electron chi connectivity index (χ2n) is 4.30. The highest BCUT2D eigenvalue weighted by atomic mass is 14.9. The van der Waals surface area contributed by atoms with Crippen LogP contribution in [-0.2, 0) is 6.54 Å². The third kappa shape index (κ3) is 2.92. The summed E-state index contributed by atoms with van der Waals surface area (Å²) in [4.78, 5) is 4.44. The summed E-state index contributed by atoms with van der Waals surface area (Å²) in [6, 6.07) is 10.8. The van der Waals surface area contributed by atoms with E-state index in [-0.39, 0.29) is 0 Å². The molecule has 0 saturated heterocycles. The van der Waals surface area contributed by atoms with Crippen molar-refractivity contribution in [1.29, 1.82) is 0 Å². The first-order valence-electron chi connectivity index (χ1n) is 5.98. The van der Waals surface area contributed by atoms with Crippen LogP contribution in [0.25, 0.3) is 10.9 Å². The van der Waals surface area contributed by atoms with Gasteiger partial charge in [-0.25, -0.2) is 0 Å². The topological polar surface area (TPSA) is 24.9 Å². The number of benzene rings is 1. The van der Waals surface area contributed by atoms with Gasteiger partial charge in [-0.2, -0.15) is 0 Å². The van der Waals surface area contributed by atoms with Crippen LogP contribution in [0, 0.1) is 0 Å². The number of nitrogens with one attached hydrogen (secondary N) is 1. The molecular weight excluding hydrogens is 208 g/mol. The van der Waals surface area contributed by atoms with E-state index in [1.54, 1.807) is 0 Å². The van der Waals surface area contributed by atoms with Crippen molar-refractivity contribution in [2.24, 2.45) is 0 Å². The van der Waals surface area contributed by atoms with Gasteiger partial charge in [0.05, 0.1) is 5.52 Å². The summed E-state index contributed by atoms with van der Waals surface area (Å²) in [6.45, 7) is 6.77. The molecule has 1 N–H and O–H groups in total. The van der Waals surface area contributed by atoms with Crippen LogP contribution >= 0.6 is 0 Å². The highest BCUT2D eigenvalue weighted by Gasteiger charge is 2.03. The van der Waals surface area contributed by atoms with Gasteiger partial charge in [0.1, 0.15) is 0 Å². The lowest BCUT2D eigenvalue weighted by molar-refractivity contribution is 0.555. The molecule has 0 amide bonds. The maximum Gasteiger partial charge on any atom is 0.0746 e. The third-order valence-corrected chi connectivity index (χ3v) is 2.88. The molecule has 0 aliphatic carbocycles. The molecule has 1 heterocycles. The molecule has 0 fully saturated rings. The van der Waals surface area contributed by atoms with Gasteiger partial charge in [0.15, 0.2) is 0 Å². The fourth-order valence-corrected chi connectivity index (χ4v) is 1.93. The van der Waals surface area contributed by atoms with Gasteiger partial charge in [0, 0.05) is 24.2 Å². The van der Waals surface area contributed by atoms with Crippen LogP contribution in [-0.4, -0.2) is 11.0 Å². The third-order valence-electron chi connectivity index (χ3n) is 2.88. The molecule has 0 aliphatic heterocycles. The monoisotopic (exact) mass is 226 g/mol. The zero-order valence-corrected chi connectivity index (χ0v) is 10.2. The molecule has 2 aromatic rings. The molecule has 0 aliphatic rings. The predicted octanol–water partition coefficient (Wildman–Crippen LogP) is 3.29. The first-order valence-corrected chi connectivity index (χ1v) is 5.98. The van der Waals surface area contributed by atoms with E-state index < -0.39 is 0 Å². The molecule has 2 rings (SSSR count). The molecule has 88 valence electrons. The molecule has 2 heteroatoms. The van der Waals surface area contributed by atoms with Gasteiger partial charge in [0.2, 0.25) is 0 Å². The molecular formula is C15H18N2. The minimum atomic E-state index is 0.450.